The normalized spacial score (nSPS) is 49.5. The number of ketones is 2. The molecule has 6 heteroatoms. The standard InChI is InChI=1S/C25H33NO5/c1-15-16-4-7-25(20(15)27)18(12-16)24-6-3-5-23(2,14-31-22(24)29)19(24)17(21(25)28)13-26-8-10-30-11-9-26/h16-19H,1,3-14H2,2H3/t16-,17-,18?,19?,23-,24+,25?/m0/s1. The molecule has 7 aliphatic rings. The van der Waals surface area contributed by atoms with Crippen LogP contribution in [-0.4, -0.2) is 61.9 Å². The third kappa shape index (κ3) is 2.33. The van der Waals surface area contributed by atoms with Gasteiger partial charge in [-0.1, -0.05) is 19.9 Å². The molecule has 6 nitrogen and oxygen atoms in total. The first-order valence-electron chi connectivity index (χ1n) is 12.1. The van der Waals surface area contributed by atoms with Crippen molar-refractivity contribution in [2.45, 2.75) is 45.4 Å². The number of carbonyl (C=O) groups excluding carboxylic acids is 3. The zero-order chi connectivity index (χ0) is 21.6. The van der Waals surface area contributed by atoms with Gasteiger partial charge in [0, 0.05) is 31.0 Å². The first kappa shape index (κ1) is 20.1. The molecule has 0 aromatic carbocycles. The lowest BCUT2D eigenvalue weighted by atomic mass is 9.33. The minimum Gasteiger partial charge on any atom is -0.465 e. The smallest absolute Gasteiger partial charge is 0.312 e. The van der Waals surface area contributed by atoms with Crippen LogP contribution in [0, 0.1) is 39.9 Å². The number of Topliss-reactive ketones (excluding diaryl/α,β-unsaturated/α-hetero) is 2. The van der Waals surface area contributed by atoms with E-state index in [9.17, 15) is 14.4 Å². The molecular formula is C25H33NO5. The number of allylic oxidation sites excluding steroid dienone is 1. The highest BCUT2D eigenvalue weighted by atomic mass is 16.5. The van der Waals surface area contributed by atoms with Gasteiger partial charge < -0.3 is 9.47 Å². The van der Waals surface area contributed by atoms with Crippen molar-refractivity contribution in [3.63, 3.8) is 0 Å². The first-order chi connectivity index (χ1) is 14.8. The lowest BCUT2D eigenvalue weighted by Crippen LogP contribution is -2.75. The quantitative estimate of drug-likeness (QED) is 0.383. The fourth-order valence-corrected chi connectivity index (χ4v) is 8.88. The maximum absolute atomic E-state index is 14.4. The van der Waals surface area contributed by atoms with Crippen molar-refractivity contribution in [1.82, 2.24) is 4.90 Å². The number of esters is 1. The molecule has 5 aliphatic carbocycles. The summed E-state index contributed by atoms with van der Waals surface area (Å²) in [5, 5.41) is 0. The van der Waals surface area contributed by atoms with E-state index in [0.29, 0.717) is 38.4 Å². The maximum Gasteiger partial charge on any atom is 0.312 e. The fourth-order valence-electron chi connectivity index (χ4n) is 8.88. The number of morpholine rings is 1. The van der Waals surface area contributed by atoms with Gasteiger partial charge in [0.25, 0.3) is 0 Å². The van der Waals surface area contributed by atoms with Gasteiger partial charge in [0.15, 0.2) is 11.6 Å². The Morgan fingerprint density at radius 2 is 1.90 bits per heavy atom. The van der Waals surface area contributed by atoms with Crippen molar-refractivity contribution in [3.05, 3.63) is 12.2 Å². The van der Waals surface area contributed by atoms with Gasteiger partial charge >= 0.3 is 5.97 Å². The van der Waals surface area contributed by atoms with Gasteiger partial charge in [-0.25, -0.2) is 0 Å². The van der Waals surface area contributed by atoms with Gasteiger partial charge in [-0.05, 0) is 55.4 Å². The van der Waals surface area contributed by atoms with E-state index in [4.69, 9.17) is 9.47 Å². The predicted octanol–water partition coefficient (Wildman–Crippen LogP) is 2.41. The van der Waals surface area contributed by atoms with E-state index < -0.39 is 10.8 Å². The van der Waals surface area contributed by atoms with Crippen molar-refractivity contribution in [2.24, 2.45) is 39.9 Å². The van der Waals surface area contributed by atoms with Gasteiger partial charge in [0.2, 0.25) is 0 Å². The van der Waals surface area contributed by atoms with E-state index in [1.807, 2.05) is 0 Å². The molecule has 0 amide bonds. The van der Waals surface area contributed by atoms with E-state index in [-0.39, 0.29) is 46.6 Å². The minimum absolute atomic E-state index is 0.0404. The summed E-state index contributed by atoms with van der Waals surface area (Å²) >= 11 is 0. The number of rotatable bonds is 2. The van der Waals surface area contributed by atoms with Crippen molar-refractivity contribution in [2.75, 3.05) is 39.5 Å². The summed E-state index contributed by atoms with van der Waals surface area (Å²) < 4.78 is 11.4. The van der Waals surface area contributed by atoms with Crippen molar-refractivity contribution >= 4 is 17.5 Å². The molecular weight excluding hydrogens is 394 g/mol. The number of cyclic esters (lactones) is 1. The average Bonchev–Trinajstić information content (AvgIpc) is 2.78. The summed E-state index contributed by atoms with van der Waals surface area (Å²) in [6.07, 6.45) is 4.84. The van der Waals surface area contributed by atoms with E-state index >= 15 is 0 Å². The molecule has 0 radical (unpaired) electrons. The van der Waals surface area contributed by atoms with Crippen molar-refractivity contribution in [3.8, 4) is 0 Å². The van der Waals surface area contributed by atoms with Gasteiger partial charge in [0.05, 0.1) is 30.7 Å². The van der Waals surface area contributed by atoms with E-state index in [2.05, 4.69) is 18.4 Å². The van der Waals surface area contributed by atoms with Crippen molar-refractivity contribution < 1.29 is 23.9 Å². The molecule has 2 saturated heterocycles. The fraction of sp³-hybridized carbons (Fsp3) is 0.800. The highest BCUT2D eigenvalue weighted by Crippen LogP contribution is 2.72. The van der Waals surface area contributed by atoms with Crippen LogP contribution in [0.1, 0.15) is 45.4 Å². The molecule has 5 saturated carbocycles. The first-order valence-corrected chi connectivity index (χ1v) is 12.1. The molecule has 7 fully saturated rings. The van der Waals surface area contributed by atoms with Crippen LogP contribution in [0.3, 0.4) is 0 Å². The molecule has 4 bridgehead atoms. The molecule has 0 aromatic rings. The SMILES string of the molecule is C=C1C(=O)C23CC[C@H]1CC2[C@@]12CCC[C@@](C)(COC1=O)C2[C@H](CN1CCOCC1)C3=O. The largest absolute Gasteiger partial charge is 0.465 e. The van der Waals surface area contributed by atoms with E-state index in [1.54, 1.807) is 0 Å². The minimum atomic E-state index is -1.06. The second kappa shape index (κ2) is 6.50. The third-order valence-electron chi connectivity index (χ3n) is 10.1. The molecule has 3 unspecified atom stereocenters. The Labute approximate surface area is 183 Å². The Hall–Kier alpha value is -1.53. The molecule has 7 atom stereocenters. The van der Waals surface area contributed by atoms with Gasteiger partial charge in [-0.15, -0.1) is 0 Å². The zero-order valence-corrected chi connectivity index (χ0v) is 18.5. The van der Waals surface area contributed by atoms with Crippen molar-refractivity contribution in [1.29, 1.82) is 0 Å². The summed E-state index contributed by atoms with van der Waals surface area (Å²) in [5.41, 5.74) is -1.34. The number of ether oxygens (including phenoxy) is 2. The summed E-state index contributed by atoms with van der Waals surface area (Å²) in [6.45, 7) is 10.3. The molecule has 31 heavy (non-hydrogen) atoms. The van der Waals surface area contributed by atoms with Crippen LogP contribution in [0.15, 0.2) is 12.2 Å². The Balaban J connectivity index is 1.53. The van der Waals surface area contributed by atoms with Gasteiger partial charge in [-0.2, -0.15) is 0 Å². The lowest BCUT2D eigenvalue weighted by Gasteiger charge is -2.69. The third-order valence-corrected chi connectivity index (χ3v) is 10.1. The second-order valence-corrected chi connectivity index (χ2v) is 11.3. The Bertz CT molecular complexity index is 877. The highest BCUT2D eigenvalue weighted by Gasteiger charge is 2.78. The lowest BCUT2D eigenvalue weighted by molar-refractivity contribution is -0.242. The second-order valence-electron chi connectivity index (χ2n) is 11.3. The molecule has 1 spiro atoms. The Kier molecular flexibility index (Phi) is 4.22. The van der Waals surface area contributed by atoms with Crippen LogP contribution >= 0.6 is 0 Å². The van der Waals surface area contributed by atoms with Gasteiger partial charge in [0.1, 0.15) is 0 Å². The maximum atomic E-state index is 14.4. The number of hydrogen-bond donors (Lipinski definition) is 0. The summed E-state index contributed by atoms with van der Waals surface area (Å²) in [5.74, 6) is -0.541. The van der Waals surface area contributed by atoms with Crippen LogP contribution in [0.25, 0.3) is 0 Å². The summed E-state index contributed by atoms with van der Waals surface area (Å²) in [7, 11) is 0. The van der Waals surface area contributed by atoms with E-state index in [0.717, 1.165) is 45.2 Å². The number of nitrogens with zero attached hydrogens (tertiary/aromatic N) is 1. The number of carbonyl (C=O) groups is 3. The van der Waals surface area contributed by atoms with Crippen LogP contribution in [0.5, 0.6) is 0 Å². The molecule has 2 aliphatic heterocycles. The Morgan fingerprint density at radius 1 is 1.13 bits per heavy atom. The summed E-state index contributed by atoms with van der Waals surface area (Å²) in [4.78, 5) is 44.1. The average molecular weight is 428 g/mol. The number of hydrogen-bond acceptors (Lipinski definition) is 6. The monoisotopic (exact) mass is 427 g/mol. The van der Waals surface area contributed by atoms with Crippen LogP contribution in [0.2, 0.25) is 0 Å². The molecule has 168 valence electrons. The molecule has 0 aromatic heterocycles. The Morgan fingerprint density at radius 3 is 2.68 bits per heavy atom. The predicted molar refractivity (Wildman–Crippen MR) is 112 cm³/mol. The molecule has 7 rings (SSSR count). The van der Waals surface area contributed by atoms with Gasteiger partial charge in [-0.3, -0.25) is 19.3 Å². The summed E-state index contributed by atoms with van der Waals surface area (Å²) in [6, 6.07) is 0. The highest BCUT2D eigenvalue weighted by molar-refractivity contribution is 6.18. The van der Waals surface area contributed by atoms with Crippen LogP contribution < -0.4 is 0 Å². The van der Waals surface area contributed by atoms with Crippen LogP contribution in [-0.2, 0) is 23.9 Å². The zero-order valence-electron chi connectivity index (χ0n) is 18.5. The number of fused-ring (bicyclic) bond motifs is 2. The van der Waals surface area contributed by atoms with E-state index in [1.165, 1.54) is 0 Å². The topological polar surface area (TPSA) is 72.9 Å². The molecule has 2 heterocycles. The molecule has 0 N–H and O–H groups in total. The van der Waals surface area contributed by atoms with Crippen LogP contribution in [0.4, 0.5) is 0 Å².